The van der Waals surface area contributed by atoms with Crippen LogP contribution in [0.25, 0.3) is 11.0 Å². The van der Waals surface area contributed by atoms with Gasteiger partial charge in [-0.2, -0.15) is 0 Å². The fourth-order valence-electron chi connectivity index (χ4n) is 2.50. The molecule has 0 aliphatic rings. The number of rotatable bonds is 2. The average molecular weight is 296 g/mol. The third kappa shape index (κ3) is 2.55. The minimum atomic E-state index is -0.252. The van der Waals surface area contributed by atoms with Gasteiger partial charge in [0.25, 0.3) is 0 Å². The molecule has 0 bridgehead atoms. The molecule has 4 nitrogen and oxygen atoms in total. The van der Waals surface area contributed by atoms with Crippen LogP contribution in [0.15, 0.2) is 45.6 Å². The van der Waals surface area contributed by atoms with Crippen LogP contribution in [-0.2, 0) is 0 Å². The van der Waals surface area contributed by atoms with Gasteiger partial charge in [-0.1, -0.05) is 6.07 Å². The first-order valence-corrected chi connectivity index (χ1v) is 6.96. The van der Waals surface area contributed by atoms with Gasteiger partial charge in [0.1, 0.15) is 22.8 Å². The maximum atomic E-state index is 12.6. The van der Waals surface area contributed by atoms with Gasteiger partial charge in [-0.15, -0.1) is 0 Å². The number of phenols is 1. The predicted octanol–water partition coefficient (Wildman–Crippen LogP) is 4.22. The molecular weight excluding hydrogens is 280 g/mol. The summed E-state index contributed by atoms with van der Waals surface area (Å²) in [6.07, 6.45) is 0. The monoisotopic (exact) mass is 296 g/mol. The van der Waals surface area contributed by atoms with Crippen LogP contribution in [0.5, 0.6) is 17.2 Å². The van der Waals surface area contributed by atoms with Crippen molar-refractivity contribution in [2.24, 2.45) is 0 Å². The number of aryl methyl sites for hydroxylation is 3. The molecule has 0 aliphatic heterocycles. The number of aromatic hydroxyl groups is 1. The molecule has 2 aromatic carbocycles. The van der Waals surface area contributed by atoms with Gasteiger partial charge in [-0.05, 0) is 56.2 Å². The van der Waals surface area contributed by atoms with Crippen molar-refractivity contribution in [3.63, 3.8) is 0 Å². The predicted molar refractivity (Wildman–Crippen MR) is 84.9 cm³/mol. The van der Waals surface area contributed by atoms with Crippen molar-refractivity contribution in [3.8, 4) is 17.2 Å². The van der Waals surface area contributed by atoms with E-state index in [2.05, 4.69) is 0 Å². The lowest BCUT2D eigenvalue weighted by Crippen LogP contribution is -2.07. The molecule has 0 atom stereocenters. The summed E-state index contributed by atoms with van der Waals surface area (Å²) in [5, 5.41) is 9.86. The van der Waals surface area contributed by atoms with Gasteiger partial charge in [0.15, 0.2) is 0 Å². The second kappa shape index (κ2) is 5.22. The number of hydrogen-bond donors (Lipinski definition) is 1. The van der Waals surface area contributed by atoms with Gasteiger partial charge in [0, 0.05) is 6.07 Å². The van der Waals surface area contributed by atoms with Gasteiger partial charge in [-0.3, -0.25) is 4.79 Å². The Kier molecular flexibility index (Phi) is 3.37. The zero-order valence-corrected chi connectivity index (χ0v) is 12.6. The number of fused-ring (bicyclic) bond motifs is 1. The molecule has 22 heavy (non-hydrogen) atoms. The van der Waals surface area contributed by atoms with Crippen molar-refractivity contribution in [2.75, 3.05) is 0 Å². The Bertz CT molecular complexity index is 902. The van der Waals surface area contributed by atoms with Gasteiger partial charge < -0.3 is 14.3 Å². The quantitative estimate of drug-likeness (QED) is 0.769. The zero-order chi connectivity index (χ0) is 15.9. The molecule has 0 unspecified atom stereocenters. The highest BCUT2D eigenvalue weighted by molar-refractivity contribution is 5.79. The summed E-state index contributed by atoms with van der Waals surface area (Å²) in [5.41, 5.74) is 2.21. The molecule has 0 saturated carbocycles. The van der Waals surface area contributed by atoms with E-state index in [-0.39, 0.29) is 16.9 Å². The molecule has 112 valence electrons. The van der Waals surface area contributed by atoms with Crippen LogP contribution in [0.2, 0.25) is 0 Å². The van der Waals surface area contributed by atoms with Crippen LogP contribution >= 0.6 is 0 Å². The Morgan fingerprint density at radius 2 is 1.68 bits per heavy atom. The number of ether oxygens (including phenoxy) is 1. The highest BCUT2D eigenvalue weighted by Crippen LogP contribution is 2.27. The molecule has 1 N–H and O–H groups in total. The molecule has 0 radical (unpaired) electrons. The summed E-state index contributed by atoms with van der Waals surface area (Å²) in [4.78, 5) is 12.6. The largest absolute Gasteiger partial charge is 0.508 e. The van der Waals surface area contributed by atoms with Gasteiger partial charge in [0.05, 0.1) is 5.39 Å². The Morgan fingerprint density at radius 1 is 1.00 bits per heavy atom. The summed E-state index contributed by atoms with van der Waals surface area (Å²) >= 11 is 0. The first kappa shape index (κ1) is 14.2. The third-order valence-electron chi connectivity index (χ3n) is 3.41. The van der Waals surface area contributed by atoms with Gasteiger partial charge in [0.2, 0.25) is 11.2 Å². The van der Waals surface area contributed by atoms with E-state index in [1.165, 1.54) is 18.2 Å². The summed E-state index contributed by atoms with van der Waals surface area (Å²) < 4.78 is 11.4. The minimum absolute atomic E-state index is 0.0537. The molecule has 3 rings (SSSR count). The summed E-state index contributed by atoms with van der Waals surface area (Å²) in [6.45, 7) is 5.61. The highest BCUT2D eigenvalue weighted by Gasteiger charge is 2.14. The van der Waals surface area contributed by atoms with E-state index in [1.54, 1.807) is 6.92 Å². The molecule has 0 amide bonds. The van der Waals surface area contributed by atoms with E-state index in [1.807, 2.05) is 32.0 Å². The average Bonchev–Trinajstić information content (AvgIpc) is 2.42. The van der Waals surface area contributed by atoms with E-state index < -0.39 is 0 Å². The van der Waals surface area contributed by atoms with Crippen LogP contribution in [0.1, 0.15) is 16.9 Å². The standard InChI is InChI=1S/C18H16O4/c1-10-6-11(2)8-14(7-10)22-18-12(3)21-16-9-13(19)4-5-15(16)17(18)20/h4-9,19H,1-3H3. The fraction of sp³-hybridized carbons (Fsp3) is 0.167. The molecule has 1 heterocycles. The Morgan fingerprint density at radius 3 is 2.36 bits per heavy atom. The van der Waals surface area contributed by atoms with Crippen molar-refractivity contribution in [1.82, 2.24) is 0 Å². The van der Waals surface area contributed by atoms with E-state index in [0.29, 0.717) is 22.5 Å². The SMILES string of the molecule is Cc1cc(C)cc(Oc2c(C)oc3cc(O)ccc3c2=O)c1. The molecule has 0 aliphatic carbocycles. The van der Waals surface area contributed by atoms with Crippen LogP contribution in [0, 0.1) is 20.8 Å². The second-order valence-corrected chi connectivity index (χ2v) is 5.42. The molecule has 4 heteroatoms. The molecule has 0 fully saturated rings. The lowest BCUT2D eigenvalue weighted by Gasteiger charge is -2.10. The highest BCUT2D eigenvalue weighted by atomic mass is 16.5. The smallest absolute Gasteiger partial charge is 0.235 e. The van der Waals surface area contributed by atoms with Crippen LogP contribution < -0.4 is 10.2 Å². The van der Waals surface area contributed by atoms with Crippen LogP contribution in [0.3, 0.4) is 0 Å². The second-order valence-electron chi connectivity index (χ2n) is 5.42. The van der Waals surface area contributed by atoms with Crippen molar-refractivity contribution in [3.05, 3.63) is 63.5 Å². The Labute approximate surface area is 127 Å². The van der Waals surface area contributed by atoms with Crippen LogP contribution in [0.4, 0.5) is 0 Å². The first-order valence-electron chi connectivity index (χ1n) is 6.96. The number of benzene rings is 2. The van der Waals surface area contributed by atoms with E-state index in [9.17, 15) is 9.90 Å². The third-order valence-corrected chi connectivity index (χ3v) is 3.41. The van der Waals surface area contributed by atoms with Crippen molar-refractivity contribution < 1.29 is 14.3 Å². The maximum Gasteiger partial charge on any atom is 0.235 e. The normalized spacial score (nSPS) is 10.9. The topological polar surface area (TPSA) is 59.7 Å². The molecule has 3 aromatic rings. The Hall–Kier alpha value is -2.75. The first-order chi connectivity index (χ1) is 10.4. The van der Waals surface area contributed by atoms with Crippen molar-refractivity contribution in [2.45, 2.75) is 20.8 Å². The number of phenolic OH excluding ortho intramolecular Hbond substituents is 1. The lowest BCUT2D eigenvalue weighted by atomic mass is 10.1. The summed E-state index contributed by atoms with van der Waals surface area (Å²) in [7, 11) is 0. The van der Waals surface area contributed by atoms with E-state index in [4.69, 9.17) is 9.15 Å². The summed E-state index contributed by atoms with van der Waals surface area (Å²) in [5.74, 6) is 1.20. The van der Waals surface area contributed by atoms with E-state index in [0.717, 1.165) is 11.1 Å². The molecule has 0 saturated heterocycles. The lowest BCUT2D eigenvalue weighted by molar-refractivity contribution is 0.434. The summed E-state index contributed by atoms with van der Waals surface area (Å²) in [6, 6.07) is 10.2. The van der Waals surface area contributed by atoms with E-state index >= 15 is 0 Å². The molecular formula is C18H16O4. The maximum absolute atomic E-state index is 12.6. The number of hydrogen-bond acceptors (Lipinski definition) is 4. The Balaban J connectivity index is 2.14. The fourth-order valence-corrected chi connectivity index (χ4v) is 2.50. The van der Waals surface area contributed by atoms with Gasteiger partial charge in [-0.25, -0.2) is 0 Å². The minimum Gasteiger partial charge on any atom is -0.508 e. The van der Waals surface area contributed by atoms with Gasteiger partial charge >= 0.3 is 0 Å². The molecule has 0 spiro atoms. The van der Waals surface area contributed by atoms with Crippen LogP contribution in [-0.4, -0.2) is 5.11 Å². The zero-order valence-electron chi connectivity index (χ0n) is 12.6. The molecule has 1 aromatic heterocycles. The van der Waals surface area contributed by atoms with Crippen molar-refractivity contribution in [1.29, 1.82) is 0 Å². The van der Waals surface area contributed by atoms with Crippen molar-refractivity contribution >= 4 is 11.0 Å².